The molecule has 0 aromatic rings. The van der Waals surface area contributed by atoms with Crippen LogP contribution in [0.2, 0.25) is 0 Å². The second-order valence-corrected chi connectivity index (χ2v) is 7.16. The summed E-state index contributed by atoms with van der Waals surface area (Å²) in [5.41, 5.74) is 5.64. The van der Waals surface area contributed by atoms with Crippen LogP contribution in [0.25, 0.3) is 0 Å². The van der Waals surface area contributed by atoms with Crippen LogP contribution in [-0.4, -0.2) is 25.4 Å². The molecule has 0 bridgehead atoms. The predicted octanol–water partition coefficient (Wildman–Crippen LogP) is 1.51. The first kappa shape index (κ1) is 12.9. The fourth-order valence-corrected chi connectivity index (χ4v) is 3.80. The van der Waals surface area contributed by atoms with Gasteiger partial charge in [-0.3, -0.25) is 0 Å². The molecule has 0 spiro atoms. The SMILES string of the molecule is CS(=O)(=O)CC(C(N)=S)C1CCCCC1. The maximum absolute atomic E-state index is 11.3. The average Bonchev–Trinajstić information content (AvgIpc) is 2.14. The molecule has 0 saturated heterocycles. The second-order valence-electron chi connectivity index (χ2n) is 4.50. The smallest absolute Gasteiger partial charge is 0.148 e. The molecule has 1 atom stereocenters. The highest BCUT2D eigenvalue weighted by atomic mass is 32.2. The summed E-state index contributed by atoms with van der Waals surface area (Å²) in [6.45, 7) is 0. The van der Waals surface area contributed by atoms with E-state index in [1.165, 1.54) is 25.5 Å². The minimum atomic E-state index is -2.99. The van der Waals surface area contributed by atoms with Gasteiger partial charge in [0.25, 0.3) is 0 Å². The molecule has 1 unspecified atom stereocenters. The molecule has 5 heteroatoms. The Balaban J connectivity index is 2.68. The molecule has 1 aliphatic rings. The number of sulfone groups is 1. The summed E-state index contributed by atoms with van der Waals surface area (Å²) in [7, 11) is -2.99. The number of rotatable bonds is 4. The molecule has 15 heavy (non-hydrogen) atoms. The van der Waals surface area contributed by atoms with E-state index in [9.17, 15) is 8.42 Å². The quantitative estimate of drug-likeness (QED) is 0.767. The van der Waals surface area contributed by atoms with Crippen molar-refractivity contribution in [2.45, 2.75) is 32.1 Å². The molecule has 0 aromatic carbocycles. The monoisotopic (exact) mass is 249 g/mol. The summed E-state index contributed by atoms with van der Waals surface area (Å²) in [6, 6.07) is 0. The Morgan fingerprint density at radius 3 is 2.33 bits per heavy atom. The molecule has 2 N–H and O–H groups in total. The van der Waals surface area contributed by atoms with Crippen molar-refractivity contribution in [1.82, 2.24) is 0 Å². The molecule has 0 radical (unpaired) electrons. The topological polar surface area (TPSA) is 60.2 Å². The highest BCUT2D eigenvalue weighted by Gasteiger charge is 2.28. The van der Waals surface area contributed by atoms with Crippen LogP contribution in [0.5, 0.6) is 0 Å². The lowest BCUT2D eigenvalue weighted by atomic mass is 9.81. The summed E-state index contributed by atoms with van der Waals surface area (Å²) < 4.78 is 22.5. The average molecular weight is 249 g/mol. The van der Waals surface area contributed by atoms with Gasteiger partial charge in [-0.25, -0.2) is 8.42 Å². The fourth-order valence-electron chi connectivity index (χ4n) is 2.31. The van der Waals surface area contributed by atoms with Crippen LogP contribution in [0.4, 0.5) is 0 Å². The van der Waals surface area contributed by atoms with Crippen molar-refractivity contribution in [3.05, 3.63) is 0 Å². The van der Waals surface area contributed by atoms with E-state index in [0.29, 0.717) is 10.9 Å². The van der Waals surface area contributed by atoms with Crippen molar-refractivity contribution in [2.75, 3.05) is 12.0 Å². The van der Waals surface area contributed by atoms with Gasteiger partial charge in [0.2, 0.25) is 0 Å². The number of hydrogen-bond acceptors (Lipinski definition) is 3. The van der Waals surface area contributed by atoms with E-state index in [1.807, 2.05) is 0 Å². The lowest BCUT2D eigenvalue weighted by Gasteiger charge is -2.28. The number of hydrogen-bond donors (Lipinski definition) is 1. The maximum Gasteiger partial charge on any atom is 0.148 e. The Kier molecular flexibility index (Phi) is 4.52. The predicted molar refractivity (Wildman–Crippen MR) is 66.6 cm³/mol. The Labute approximate surface area is 97.3 Å². The third-order valence-electron chi connectivity index (χ3n) is 3.07. The lowest BCUT2D eigenvalue weighted by Crippen LogP contribution is -2.35. The van der Waals surface area contributed by atoms with E-state index in [4.69, 9.17) is 18.0 Å². The van der Waals surface area contributed by atoms with Crippen molar-refractivity contribution >= 4 is 27.0 Å². The summed E-state index contributed by atoms with van der Waals surface area (Å²) in [6.07, 6.45) is 6.98. The Morgan fingerprint density at radius 1 is 1.40 bits per heavy atom. The fraction of sp³-hybridized carbons (Fsp3) is 0.900. The van der Waals surface area contributed by atoms with E-state index in [-0.39, 0.29) is 11.7 Å². The van der Waals surface area contributed by atoms with E-state index in [0.717, 1.165) is 12.8 Å². The molecule has 1 aliphatic carbocycles. The summed E-state index contributed by atoms with van der Waals surface area (Å²) in [4.78, 5) is 0.368. The summed E-state index contributed by atoms with van der Waals surface area (Å²) in [5, 5.41) is 0. The molecule has 0 aromatic heterocycles. The third-order valence-corrected chi connectivity index (χ3v) is 4.33. The van der Waals surface area contributed by atoms with Crippen LogP contribution in [0, 0.1) is 11.8 Å². The zero-order valence-electron chi connectivity index (χ0n) is 9.11. The summed E-state index contributed by atoms with van der Waals surface area (Å²) >= 11 is 4.98. The normalized spacial score (nSPS) is 21.1. The Hall–Kier alpha value is -0.160. The van der Waals surface area contributed by atoms with Gasteiger partial charge in [0, 0.05) is 12.2 Å². The first-order chi connectivity index (χ1) is 6.90. The van der Waals surface area contributed by atoms with Crippen LogP contribution >= 0.6 is 12.2 Å². The number of nitrogens with two attached hydrogens (primary N) is 1. The van der Waals surface area contributed by atoms with Crippen LogP contribution in [-0.2, 0) is 9.84 Å². The Morgan fingerprint density at radius 2 is 1.93 bits per heavy atom. The minimum Gasteiger partial charge on any atom is -0.393 e. The molecule has 1 saturated carbocycles. The first-order valence-electron chi connectivity index (χ1n) is 5.37. The van der Waals surface area contributed by atoms with Gasteiger partial charge >= 0.3 is 0 Å². The lowest BCUT2D eigenvalue weighted by molar-refractivity contribution is 0.313. The van der Waals surface area contributed by atoms with Crippen LogP contribution in [0.15, 0.2) is 0 Å². The van der Waals surface area contributed by atoms with Crippen LogP contribution in [0.1, 0.15) is 32.1 Å². The molecular formula is C10H19NO2S2. The molecule has 1 fully saturated rings. The first-order valence-corrected chi connectivity index (χ1v) is 7.84. The van der Waals surface area contributed by atoms with Gasteiger partial charge in [-0.2, -0.15) is 0 Å². The molecule has 0 aliphatic heterocycles. The van der Waals surface area contributed by atoms with Gasteiger partial charge in [0.05, 0.1) is 10.7 Å². The van der Waals surface area contributed by atoms with Crippen LogP contribution < -0.4 is 5.73 Å². The molecule has 0 amide bonds. The second kappa shape index (κ2) is 5.25. The zero-order valence-corrected chi connectivity index (χ0v) is 10.7. The van der Waals surface area contributed by atoms with Gasteiger partial charge in [-0.15, -0.1) is 0 Å². The van der Waals surface area contributed by atoms with Crippen molar-refractivity contribution in [2.24, 2.45) is 17.6 Å². The molecule has 0 heterocycles. The van der Waals surface area contributed by atoms with Gasteiger partial charge < -0.3 is 5.73 Å². The molecule has 3 nitrogen and oxygen atoms in total. The van der Waals surface area contributed by atoms with Gasteiger partial charge in [-0.1, -0.05) is 31.5 Å². The number of thiocarbonyl (C=S) groups is 1. The van der Waals surface area contributed by atoms with Crippen molar-refractivity contribution in [3.63, 3.8) is 0 Å². The minimum absolute atomic E-state index is 0.115. The molecule has 1 rings (SSSR count). The highest BCUT2D eigenvalue weighted by molar-refractivity contribution is 7.90. The van der Waals surface area contributed by atoms with Gasteiger partial charge in [-0.05, 0) is 18.8 Å². The summed E-state index contributed by atoms with van der Waals surface area (Å²) in [5.74, 6) is 0.383. The third kappa shape index (κ3) is 4.47. The van der Waals surface area contributed by atoms with E-state index >= 15 is 0 Å². The van der Waals surface area contributed by atoms with Crippen molar-refractivity contribution < 1.29 is 8.42 Å². The van der Waals surface area contributed by atoms with Gasteiger partial charge in [0.1, 0.15) is 9.84 Å². The van der Waals surface area contributed by atoms with Crippen molar-refractivity contribution in [1.29, 1.82) is 0 Å². The van der Waals surface area contributed by atoms with Crippen molar-refractivity contribution in [3.8, 4) is 0 Å². The van der Waals surface area contributed by atoms with E-state index in [1.54, 1.807) is 0 Å². The largest absolute Gasteiger partial charge is 0.393 e. The molecular weight excluding hydrogens is 230 g/mol. The highest BCUT2D eigenvalue weighted by Crippen LogP contribution is 2.30. The molecule has 88 valence electrons. The van der Waals surface area contributed by atoms with E-state index < -0.39 is 9.84 Å². The maximum atomic E-state index is 11.3. The van der Waals surface area contributed by atoms with Crippen LogP contribution in [0.3, 0.4) is 0 Å². The van der Waals surface area contributed by atoms with E-state index in [2.05, 4.69) is 0 Å². The zero-order chi connectivity index (χ0) is 11.5. The standard InChI is InChI=1S/C10H19NO2S2/c1-15(12,13)7-9(10(11)14)8-5-3-2-4-6-8/h8-9H,2-7H2,1H3,(H2,11,14). The Bertz CT molecular complexity index is 318. The van der Waals surface area contributed by atoms with Gasteiger partial charge in [0.15, 0.2) is 0 Å².